The Balaban J connectivity index is 2.60. The van der Waals surface area contributed by atoms with E-state index in [-0.39, 0.29) is 17.8 Å². The minimum Gasteiger partial charge on any atom is -0.462 e. The van der Waals surface area contributed by atoms with Crippen LogP contribution in [0.1, 0.15) is 39.7 Å². The van der Waals surface area contributed by atoms with Crippen molar-refractivity contribution in [3.05, 3.63) is 35.9 Å². The molecule has 5 nitrogen and oxygen atoms in total. The van der Waals surface area contributed by atoms with Crippen molar-refractivity contribution in [1.82, 2.24) is 0 Å². The lowest BCUT2D eigenvalue weighted by molar-refractivity contribution is -0.159. The summed E-state index contributed by atoms with van der Waals surface area (Å²) in [4.78, 5) is 22.9. The standard InChI is InChI=1S/C20H30O5/c1-14(2)20(23)25-18(16(4)19(22)15(3)12-21)10-11-24-13-17-8-6-5-7-9-17/h5-9,12,14-16,18-19,22H,10-11,13H2,1-4H3/t15-,16-,18+,19+/m1/s1. The third-order valence-corrected chi connectivity index (χ3v) is 4.28. The van der Waals surface area contributed by atoms with Crippen LogP contribution in [0.2, 0.25) is 0 Å². The van der Waals surface area contributed by atoms with Gasteiger partial charge in [0.25, 0.3) is 0 Å². The number of ether oxygens (including phenoxy) is 2. The van der Waals surface area contributed by atoms with Gasteiger partial charge in [-0.25, -0.2) is 0 Å². The Bertz CT molecular complexity index is 514. The first-order valence-electron chi connectivity index (χ1n) is 8.82. The quantitative estimate of drug-likeness (QED) is 0.377. The molecule has 140 valence electrons. The summed E-state index contributed by atoms with van der Waals surface area (Å²) < 4.78 is 11.2. The zero-order valence-corrected chi connectivity index (χ0v) is 15.6. The molecule has 0 aliphatic rings. The predicted molar refractivity (Wildman–Crippen MR) is 95.8 cm³/mol. The van der Waals surface area contributed by atoms with Crippen molar-refractivity contribution in [2.45, 2.75) is 52.9 Å². The normalized spacial score (nSPS) is 16.1. The van der Waals surface area contributed by atoms with Gasteiger partial charge in [0.05, 0.1) is 25.2 Å². The number of hydrogen-bond acceptors (Lipinski definition) is 5. The maximum atomic E-state index is 12.0. The molecule has 1 N–H and O–H groups in total. The van der Waals surface area contributed by atoms with Gasteiger partial charge in [-0.2, -0.15) is 0 Å². The monoisotopic (exact) mass is 350 g/mol. The average molecular weight is 350 g/mol. The Morgan fingerprint density at radius 2 is 1.80 bits per heavy atom. The van der Waals surface area contributed by atoms with Crippen molar-refractivity contribution in [3.63, 3.8) is 0 Å². The Kier molecular flexibility index (Phi) is 9.39. The third-order valence-electron chi connectivity index (χ3n) is 4.28. The smallest absolute Gasteiger partial charge is 0.308 e. The van der Waals surface area contributed by atoms with E-state index in [1.165, 1.54) is 0 Å². The molecule has 1 aromatic rings. The van der Waals surface area contributed by atoms with Crippen molar-refractivity contribution in [3.8, 4) is 0 Å². The first-order valence-corrected chi connectivity index (χ1v) is 8.82. The molecular formula is C20H30O5. The molecule has 25 heavy (non-hydrogen) atoms. The number of rotatable bonds is 11. The topological polar surface area (TPSA) is 72.8 Å². The Labute approximate surface area is 150 Å². The minimum atomic E-state index is -0.864. The highest BCUT2D eigenvalue weighted by atomic mass is 16.5. The Hall–Kier alpha value is -1.72. The summed E-state index contributed by atoms with van der Waals surface area (Å²) in [5.41, 5.74) is 1.07. The molecule has 4 atom stereocenters. The van der Waals surface area contributed by atoms with Crippen LogP contribution in [0.4, 0.5) is 0 Å². The number of aliphatic hydroxyl groups excluding tert-OH is 1. The van der Waals surface area contributed by atoms with Gasteiger partial charge in [-0.15, -0.1) is 0 Å². The van der Waals surface area contributed by atoms with Crippen LogP contribution in [0.25, 0.3) is 0 Å². The van der Waals surface area contributed by atoms with E-state index < -0.39 is 18.1 Å². The van der Waals surface area contributed by atoms with Gasteiger partial charge in [0.1, 0.15) is 12.4 Å². The van der Waals surface area contributed by atoms with Gasteiger partial charge >= 0.3 is 5.97 Å². The summed E-state index contributed by atoms with van der Waals surface area (Å²) >= 11 is 0. The van der Waals surface area contributed by atoms with Crippen LogP contribution in [0.5, 0.6) is 0 Å². The fourth-order valence-electron chi connectivity index (χ4n) is 2.46. The second-order valence-corrected chi connectivity index (χ2v) is 6.80. The lowest BCUT2D eigenvalue weighted by Gasteiger charge is -2.30. The summed E-state index contributed by atoms with van der Waals surface area (Å²) in [6.07, 6.45) is -0.177. The molecule has 0 amide bonds. The molecule has 0 unspecified atom stereocenters. The van der Waals surface area contributed by atoms with Crippen molar-refractivity contribution >= 4 is 12.3 Å². The first kappa shape index (κ1) is 21.3. The summed E-state index contributed by atoms with van der Waals surface area (Å²) in [5, 5.41) is 10.3. The largest absolute Gasteiger partial charge is 0.462 e. The summed E-state index contributed by atoms with van der Waals surface area (Å²) in [6, 6.07) is 9.81. The fourth-order valence-corrected chi connectivity index (χ4v) is 2.46. The van der Waals surface area contributed by atoms with Gasteiger partial charge in [-0.3, -0.25) is 4.79 Å². The predicted octanol–water partition coefficient (Wildman–Crippen LogP) is 2.99. The number of esters is 1. The van der Waals surface area contributed by atoms with Crippen LogP contribution in [0.15, 0.2) is 30.3 Å². The van der Waals surface area contributed by atoms with Crippen LogP contribution in [-0.4, -0.2) is 36.2 Å². The van der Waals surface area contributed by atoms with Crippen molar-refractivity contribution < 1.29 is 24.2 Å². The zero-order chi connectivity index (χ0) is 18.8. The van der Waals surface area contributed by atoms with Crippen molar-refractivity contribution in [2.75, 3.05) is 6.61 Å². The molecule has 0 aliphatic heterocycles. The molecule has 1 rings (SSSR count). The van der Waals surface area contributed by atoms with E-state index in [1.807, 2.05) is 30.3 Å². The van der Waals surface area contributed by atoms with Crippen LogP contribution in [0, 0.1) is 17.8 Å². The van der Waals surface area contributed by atoms with E-state index >= 15 is 0 Å². The Morgan fingerprint density at radius 3 is 2.36 bits per heavy atom. The molecular weight excluding hydrogens is 320 g/mol. The molecule has 0 spiro atoms. The molecule has 0 bridgehead atoms. The molecule has 0 heterocycles. The van der Waals surface area contributed by atoms with Crippen LogP contribution in [0.3, 0.4) is 0 Å². The molecule has 0 aliphatic carbocycles. The molecule has 0 saturated carbocycles. The summed E-state index contributed by atoms with van der Waals surface area (Å²) in [6.45, 7) is 7.85. The van der Waals surface area contributed by atoms with E-state index in [0.29, 0.717) is 25.9 Å². The van der Waals surface area contributed by atoms with E-state index in [0.717, 1.165) is 5.56 Å². The number of carbonyl (C=O) groups is 2. The summed E-state index contributed by atoms with van der Waals surface area (Å²) in [5.74, 6) is -1.44. The van der Waals surface area contributed by atoms with Crippen molar-refractivity contribution in [1.29, 1.82) is 0 Å². The highest BCUT2D eigenvalue weighted by molar-refractivity contribution is 5.71. The number of aldehydes is 1. The van der Waals surface area contributed by atoms with E-state index in [4.69, 9.17) is 9.47 Å². The number of benzene rings is 1. The van der Waals surface area contributed by atoms with E-state index in [2.05, 4.69) is 0 Å². The second-order valence-electron chi connectivity index (χ2n) is 6.80. The van der Waals surface area contributed by atoms with Crippen molar-refractivity contribution in [2.24, 2.45) is 17.8 Å². The second kappa shape index (κ2) is 11.0. The van der Waals surface area contributed by atoms with Gasteiger partial charge in [0, 0.05) is 18.3 Å². The lowest BCUT2D eigenvalue weighted by Crippen LogP contribution is -2.38. The zero-order valence-electron chi connectivity index (χ0n) is 15.6. The maximum Gasteiger partial charge on any atom is 0.308 e. The van der Waals surface area contributed by atoms with Gasteiger partial charge < -0.3 is 19.4 Å². The Morgan fingerprint density at radius 1 is 1.16 bits per heavy atom. The molecule has 0 radical (unpaired) electrons. The summed E-state index contributed by atoms with van der Waals surface area (Å²) in [7, 11) is 0. The molecule has 1 aromatic carbocycles. The minimum absolute atomic E-state index is 0.249. The van der Waals surface area contributed by atoms with Crippen LogP contribution < -0.4 is 0 Å². The van der Waals surface area contributed by atoms with E-state index in [9.17, 15) is 14.7 Å². The maximum absolute atomic E-state index is 12.0. The van der Waals surface area contributed by atoms with Crippen LogP contribution >= 0.6 is 0 Å². The SMILES string of the molecule is CC(C)C(=O)O[C@@H](CCOCc1ccccc1)[C@@H](C)[C@@H](O)[C@H](C)C=O. The molecule has 0 fully saturated rings. The average Bonchev–Trinajstić information content (AvgIpc) is 2.62. The van der Waals surface area contributed by atoms with Gasteiger partial charge in [-0.05, 0) is 5.56 Å². The number of aliphatic hydroxyl groups is 1. The molecule has 5 heteroatoms. The fraction of sp³-hybridized carbons (Fsp3) is 0.600. The van der Waals surface area contributed by atoms with E-state index in [1.54, 1.807) is 27.7 Å². The number of hydrogen-bond donors (Lipinski definition) is 1. The van der Waals surface area contributed by atoms with Gasteiger partial charge in [0.2, 0.25) is 0 Å². The van der Waals surface area contributed by atoms with Gasteiger partial charge in [0.15, 0.2) is 0 Å². The van der Waals surface area contributed by atoms with Gasteiger partial charge in [-0.1, -0.05) is 58.0 Å². The third kappa shape index (κ3) is 7.36. The lowest BCUT2D eigenvalue weighted by atomic mass is 9.88. The molecule has 0 saturated heterocycles. The highest BCUT2D eigenvalue weighted by Crippen LogP contribution is 2.22. The highest BCUT2D eigenvalue weighted by Gasteiger charge is 2.31. The first-order chi connectivity index (χ1) is 11.9. The molecule has 0 aromatic heterocycles. The van der Waals surface area contributed by atoms with Crippen LogP contribution in [-0.2, 0) is 25.7 Å². The number of carbonyl (C=O) groups excluding carboxylic acids is 2.